The molecule has 0 spiro atoms. The number of methoxy groups -OCH3 is 2. The van der Waals surface area contributed by atoms with Crippen LogP contribution in [0.3, 0.4) is 0 Å². The largest absolute Gasteiger partial charge is 0.466 e. The second kappa shape index (κ2) is 6.33. The third-order valence-corrected chi connectivity index (χ3v) is 3.04. The Bertz CT molecular complexity index is 489. The quantitative estimate of drug-likeness (QED) is 0.710. The number of hydrogen-bond donors (Lipinski definition) is 2. The molecule has 0 aliphatic carbocycles. The summed E-state index contributed by atoms with van der Waals surface area (Å²) >= 11 is 0. The van der Waals surface area contributed by atoms with Crippen molar-refractivity contribution in [2.24, 2.45) is 5.92 Å². The van der Waals surface area contributed by atoms with Gasteiger partial charge < -0.3 is 14.4 Å². The number of H-pyrrole nitrogens is 1. The van der Waals surface area contributed by atoms with Gasteiger partial charge in [-0.1, -0.05) is 0 Å². The molecule has 0 saturated carbocycles. The molecule has 1 aliphatic heterocycles. The Morgan fingerprint density at radius 2 is 2.35 bits per heavy atom. The molecule has 0 aromatic carbocycles. The Morgan fingerprint density at radius 3 is 3.00 bits per heavy atom. The van der Waals surface area contributed by atoms with E-state index in [0.29, 0.717) is 19.7 Å². The Hall–Kier alpha value is -2.16. The lowest BCUT2D eigenvalue weighted by Crippen LogP contribution is -2.31. The number of hydrogen-bond acceptors (Lipinski definition) is 6. The van der Waals surface area contributed by atoms with Gasteiger partial charge in [-0.05, 0) is 0 Å². The van der Waals surface area contributed by atoms with Gasteiger partial charge in [0, 0.05) is 26.6 Å². The van der Waals surface area contributed by atoms with Crippen LogP contribution in [0.1, 0.15) is 6.42 Å². The van der Waals surface area contributed by atoms with Gasteiger partial charge in [0.25, 0.3) is 0 Å². The second-order valence-corrected chi connectivity index (χ2v) is 4.39. The van der Waals surface area contributed by atoms with Gasteiger partial charge in [0.15, 0.2) is 0 Å². The van der Waals surface area contributed by atoms with E-state index in [2.05, 4.69) is 20.5 Å². The number of carbonyl (C=O) groups excluding carboxylic acids is 2. The Labute approximate surface area is 115 Å². The molecule has 1 aromatic heterocycles. The van der Waals surface area contributed by atoms with E-state index in [1.807, 2.05) is 0 Å². The SMILES string of the molecule is COCCN1CC(C(=O)Nc2nc(OC)n[nH]2)CC1=O. The molecule has 20 heavy (non-hydrogen) atoms. The molecule has 2 N–H and O–H groups in total. The minimum atomic E-state index is -0.393. The molecule has 110 valence electrons. The van der Waals surface area contributed by atoms with Gasteiger partial charge in [0.1, 0.15) is 0 Å². The van der Waals surface area contributed by atoms with Crippen LogP contribution in [0.25, 0.3) is 0 Å². The van der Waals surface area contributed by atoms with E-state index in [0.717, 1.165) is 0 Å². The first-order valence-electron chi connectivity index (χ1n) is 6.18. The van der Waals surface area contributed by atoms with E-state index < -0.39 is 5.92 Å². The van der Waals surface area contributed by atoms with Crippen molar-refractivity contribution in [3.05, 3.63) is 0 Å². The third-order valence-electron chi connectivity index (χ3n) is 3.04. The lowest BCUT2D eigenvalue weighted by atomic mass is 10.1. The molecule has 2 rings (SSSR count). The maximum absolute atomic E-state index is 12.0. The molecular formula is C11H17N5O4. The van der Waals surface area contributed by atoms with Gasteiger partial charge in [-0.3, -0.25) is 14.9 Å². The van der Waals surface area contributed by atoms with Crippen molar-refractivity contribution >= 4 is 17.8 Å². The minimum absolute atomic E-state index is 0.0441. The fraction of sp³-hybridized carbons (Fsp3) is 0.636. The van der Waals surface area contributed by atoms with Crippen LogP contribution in [0.15, 0.2) is 0 Å². The van der Waals surface area contributed by atoms with Gasteiger partial charge in [-0.2, -0.15) is 4.98 Å². The van der Waals surface area contributed by atoms with Gasteiger partial charge in [0.2, 0.25) is 17.8 Å². The number of anilines is 1. The zero-order valence-electron chi connectivity index (χ0n) is 11.4. The van der Waals surface area contributed by atoms with Crippen LogP contribution < -0.4 is 10.1 Å². The standard InChI is InChI=1S/C11H17N5O4/c1-19-4-3-16-6-7(5-8(16)17)9(18)12-10-13-11(20-2)15-14-10/h7H,3-6H2,1-2H3,(H2,12,13,14,15,18). The van der Waals surface area contributed by atoms with Gasteiger partial charge in [0.05, 0.1) is 19.6 Å². The topological polar surface area (TPSA) is 109 Å². The molecule has 1 atom stereocenters. The first-order chi connectivity index (χ1) is 9.63. The van der Waals surface area contributed by atoms with E-state index in [1.54, 1.807) is 12.0 Å². The first-order valence-corrected chi connectivity index (χ1v) is 6.18. The van der Waals surface area contributed by atoms with Gasteiger partial charge in [-0.15, -0.1) is 5.10 Å². The van der Waals surface area contributed by atoms with Crippen molar-refractivity contribution < 1.29 is 19.1 Å². The van der Waals surface area contributed by atoms with Gasteiger partial charge >= 0.3 is 6.01 Å². The maximum Gasteiger partial charge on any atom is 0.336 e. The Balaban J connectivity index is 1.88. The summed E-state index contributed by atoms with van der Waals surface area (Å²) < 4.78 is 9.73. The van der Waals surface area contributed by atoms with Crippen LogP contribution in [-0.2, 0) is 14.3 Å². The number of aromatic amines is 1. The van der Waals surface area contributed by atoms with Crippen molar-refractivity contribution in [3.63, 3.8) is 0 Å². The average molecular weight is 283 g/mol. The van der Waals surface area contributed by atoms with Crippen molar-refractivity contribution in [3.8, 4) is 6.01 Å². The predicted molar refractivity (Wildman–Crippen MR) is 68.1 cm³/mol. The normalized spacial score (nSPS) is 18.4. The lowest BCUT2D eigenvalue weighted by molar-refractivity contribution is -0.128. The summed E-state index contributed by atoms with van der Waals surface area (Å²) in [6.45, 7) is 1.34. The van der Waals surface area contributed by atoms with Crippen LogP contribution in [-0.4, -0.2) is 65.8 Å². The van der Waals surface area contributed by atoms with Crippen molar-refractivity contribution in [1.29, 1.82) is 0 Å². The summed E-state index contributed by atoms with van der Waals surface area (Å²) in [5.41, 5.74) is 0. The number of carbonyl (C=O) groups is 2. The smallest absolute Gasteiger partial charge is 0.336 e. The summed E-state index contributed by atoms with van der Waals surface area (Å²) in [4.78, 5) is 29.3. The average Bonchev–Trinajstić information content (AvgIpc) is 3.03. The van der Waals surface area contributed by atoms with Crippen LogP contribution >= 0.6 is 0 Å². The molecule has 1 aliphatic rings. The molecule has 1 fully saturated rings. The highest BCUT2D eigenvalue weighted by Gasteiger charge is 2.34. The highest BCUT2D eigenvalue weighted by Crippen LogP contribution is 2.19. The fourth-order valence-corrected chi connectivity index (χ4v) is 1.98. The van der Waals surface area contributed by atoms with Crippen LogP contribution in [0.4, 0.5) is 5.95 Å². The minimum Gasteiger partial charge on any atom is -0.466 e. The summed E-state index contributed by atoms with van der Waals surface area (Å²) in [6.07, 6.45) is 0.195. The molecule has 0 bridgehead atoms. The van der Waals surface area contributed by atoms with Crippen LogP contribution in [0.5, 0.6) is 6.01 Å². The van der Waals surface area contributed by atoms with E-state index in [9.17, 15) is 9.59 Å². The number of amides is 2. The number of ether oxygens (including phenoxy) is 2. The van der Waals surface area contributed by atoms with E-state index >= 15 is 0 Å². The monoisotopic (exact) mass is 283 g/mol. The zero-order valence-corrected chi connectivity index (χ0v) is 11.4. The summed E-state index contributed by atoms with van der Waals surface area (Å²) in [6, 6.07) is 0.143. The number of likely N-dealkylation sites (tertiary alicyclic amines) is 1. The predicted octanol–water partition coefficient (Wildman–Crippen LogP) is -0.753. The molecule has 2 amide bonds. The first kappa shape index (κ1) is 14.3. The van der Waals surface area contributed by atoms with E-state index in [1.165, 1.54) is 7.11 Å². The van der Waals surface area contributed by atoms with Crippen molar-refractivity contribution in [2.75, 3.05) is 39.2 Å². The molecule has 9 nitrogen and oxygen atoms in total. The van der Waals surface area contributed by atoms with Crippen LogP contribution in [0.2, 0.25) is 0 Å². The highest BCUT2D eigenvalue weighted by molar-refractivity contribution is 5.96. The maximum atomic E-state index is 12.0. The fourth-order valence-electron chi connectivity index (χ4n) is 1.98. The molecule has 9 heteroatoms. The highest BCUT2D eigenvalue weighted by atomic mass is 16.5. The second-order valence-electron chi connectivity index (χ2n) is 4.39. The Morgan fingerprint density at radius 1 is 1.55 bits per heavy atom. The van der Waals surface area contributed by atoms with Crippen molar-refractivity contribution in [2.45, 2.75) is 6.42 Å². The summed E-state index contributed by atoms with van der Waals surface area (Å²) in [5.74, 6) is -0.500. The summed E-state index contributed by atoms with van der Waals surface area (Å²) in [5, 5.41) is 8.83. The molecule has 1 saturated heterocycles. The molecule has 1 unspecified atom stereocenters. The molecule has 1 aromatic rings. The molecule has 2 heterocycles. The number of aromatic nitrogens is 3. The summed E-state index contributed by atoms with van der Waals surface area (Å²) in [7, 11) is 3.00. The third kappa shape index (κ3) is 3.23. The zero-order chi connectivity index (χ0) is 14.5. The van der Waals surface area contributed by atoms with E-state index in [-0.39, 0.29) is 30.2 Å². The lowest BCUT2D eigenvalue weighted by Gasteiger charge is -2.15. The molecular weight excluding hydrogens is 266 g/mol. The molecule has 0 radical (unpaired) electrons. The van der Waals surface area contributed by atoms with E-state index in [4.69, 9.17) is 9.47 Å². The van der Waals surface area contributed by atoms with Crippen LogP contribution in [0, 0.1) is 5.92 Å². The number of nitrogens with one attached hydrogen (secondary N) is 2. The Kier molecular flexibility index (Phi) is 4.51. The van der Waals surface area contributed by atoms with Gasteiger partial charge in [-0.25, -0.2) is 5.10 Å². The number of rotatable bonds is 6. The number of nitrogens with zero attached hydrogens (tertiary/aromatic N) is 3. The van der Waals surface area contributed by atoms with Crippen molar-refractivity contribution in [1.82, 2.24) is 20.1 Å².